The Morgan fingerprint density at radius 2 is 2.04 bits per heavy atom. The zero-order valence-corrected chi connectivity index (χ0v) is 13.2. The molecule has 126 valence electrons. The molecule has 1 saturated carbocycles. The molecule has 1 aromatic carbocycles. The summed E-state index contributed by atoms with van der Waals surface area (Å²) < 4.78 is 26.9. The van der Waals surface area contributed by atoms with Crippen LogP contribution in [0.15, 0.2) is 30.3 Å². The fourth-order valence-electron chi connectivity index (χ4n) is 2.63. The van der Waals surface area contributed by atoms with E-state index in [9.17, 15) is 13.6 Å². The van der Waals surface area contributed by atoms with E-state index >= 15 is 0 Å². The highest BCUT2D eigenvalue weighted by Gasteiger charge is 2.45. The van der Waals surface area contributed by atoms with Gasteiger partial charge in [-0.05, 0) is 55.2 Å². The Balaban J connectivity index is 1.43. The number of anilines is 1. The van der Waals surface area contributed by atoms with Gasteiger partial charge in [-0.15, -0.1) is 5.10 Å². The number of halogens is 2. The fraction of sp³-hybridized carbons (Fsp3) is 0.353. The minimum Gasteiger partial charge on any atom is -0.367 e. The third kappa shape index (κ3) is 3.84. The van der Waals surface area contributed by atoms with Gasteiger partial charge in [0.25, 0.3) is 0 Å². The number of aryl methyl sites for hydroxylation is 1. The second-order valence-electron chi connectivity index (χ2n) is 5.89. The highest BCUT2D eigenvalue weighted by molar-refractivity contribution is 5.82. The Kier molecular flexibility index (Phi) is 4.69. The van der Waals surface area contributed by atoms with Crippen molar-refractivity contribution in [3.05, 3.63) is 53.2 Å². The highest BCUT2D eigenvalue weighted by atomic mass is 19.1. The summed E-state index contributed by atoms with van der Waals surface area (Å²) in [5.41, 5.74) is 1.11. The smallest absolute Gasteiger partial charge is 0.223 e. The molecule has 2 N–H and O–H groups in total. The molecule has 2 atom stereocenters. The van der Waals surface area contributed by atoms with E-state index < -0.39 is 11.6 Å². The number of carbonyl (C=O) groups is 1. The summed E-state index contributed by atoms with van der Waals surface area (Å²) in [6, 6.07) is 7.01. The van der Waals surface area contributed by atoms with Crippen molar-refractivity contribution in [2.75, 3.05) is 18.4 Å². The van der Waals surface area contributed by atoms with E-state index in [1.54, 1.807) is 0 Å². The van der Waals surface area contributed by atoms with E-state index in [-0.39, 0.29) is 23.3 Å². The Morgan fingerprint density at radius 3 is 2.79 bits per heavy atom. The van der Waals surface area contributed by atoms with E-state index in [0.717, 1.165) is 17.8 Å². The molecule has 5 nitrogen and oxygen atoms in total. The molecular formula is C17H18F2N4O. The van der Waals surface area contributed by atoms with Crippen molar-refractivity contribution in [1.29, 1.82) is 0 Å². The van der Waals surface area contributed by atoms with Crippen molar-refractivity contribution < 1.29 is 13.6 Å². The van der Waals surface area contributed by atoms with Crippen LogP contribution in [0, 0.1) is 24.5 Å². The molecule has 24 heavy (non-hydrogen) atoms. The van der Waals surface area contributed by atoms with E-state index in [1.807, 2.05) is 19.1 Å². The first-order valence-electron chi connectivity index (χ1n) is 7.81. The second-order valence-corrected chi connectivity index (χ2v) is 5.89. The summed E-state index contributed by atoms with van der Waals surface area (Å²) in [5, 5.41) is 13.7. The number of hydrogen-bond donors (Lipinski definition) is 2. The maximum absolute atomic E-state index is 13.7. The molecule has 0 saturated heterocycles. The van der Waals surface area contributed by atoms with Crippen LogP contribution >= 0.6 is 0 Å². The quantitative estimate of drug-likeness (QED) is 0.797. The average Bonchev–Trinajstić information content (AvgIpc) is 3.36. The monoisotopic (exact) mass is 332 g/mol. The maximum atomic E-state index is 13.7. The molecular weight excluding hydrogens is 314 g/mol. The lowest BCUT2D eigenvalue weighted by Crippen LogP contribution is -2.30. The largest absolute Gasteiger partial charge is 0.367 e. The molecule has 0 spiro atoms. The van der Waals surface area contributed by atoms with Gasteiger partial charge in [-0.2, -0.15) is 5.10 Å². The predicted octanol–water partition coefficient (Wildman–Crippen LogP) is 2.40. The van der Waals surface area contributed by atoms with Crippen molar-refractivity contribution in [3.8, 4) is 0 Å². The molecule has 2 aromatic rings. The average molecular weight is 332 g/mol. The van der Waals surface area contributed by atoms with E-state index in [2.05, 4.69) is 20.8 Å². The summed E-state index contributed by atoms with van der Waals surface area (Å²) >= 11 is 0. The van der Waals surface area contributed by atoms with Crippen molar-refractivity contribution in [3.63, 3.8) is 0 Å². The van der Waals surface area contributed by atoms with Crippen LogP contribution in [-0.4, -0.2) is 29.2 Å². The van der Waals surface area contributed by atoms with Crippen molar-refractivity contribution in [1.82, 2.24) is 15.5 Å². The third-order valence-electron chi connectivity index (χ3n) is 4.01. The third-order valence-corrected chi connectivity index (χ3v) is 4.01. The number of hydrogen-bond acceptors (Lipinski definition) is 4. The summed E-state index contributed by atoms with van der Waals surface area (Å²) in [6.45, 7) is 2.78. The van der Waals surface area contributed by atoms with Crippen LogP contribution in [0.3, 0.4) is 0 Å². The summed E-state index contributed by atoms with van der Waals surface area (Å²) in [6.07, 6.45) is 0.545. The van der Waals surface area contributed by atoms with Gasteiger partial charge in [0, 0.05) is 19.0 Å². The van der Waals surface area contributed by atoms with Gasteiger partial charge >= 0.3 is 0 Å². The van der Waals surface area contributed by atoms with Crippen LogP contribution in [0.25, 0.3) is 0 Å². The number of nitrogens with zero attached hydrogens (tertiary/aromatic N) is 2. The summed E-state index contributed by atoms with van der Waals surface area (Å²) in [4.78, 5) is 12.1. The standard InChI is InChI=1S/C17H18F2N4O/c1-10-2-5-16(23-22-10)20-6-7-21-17(24)14-9-12(14)13-8-11(18)3-4-15(13)19/h2-5,8,12,14H,6-7,9H2,1H3,(H,20,23)(H,21,24)/t12-,14+/m0/s1. The lowest BCUT2D eigenvalue weighted by atomic mass is 10.1. The van der Waals surface area contributed by atoms with Gasteiger partial charge in [0.05, 0.1) is 5.69 Å². The normalized spacial score (nSPS) is 19.0. The maximum Gasteiger partial charge on any atom is 0.223 e. The SMILES string of the molecule is Cc1ccc(NCCNC(=O)[C@@H]2C[C@H]2c2cc(F)ccc2F)nn1. The number of nitrogens with one attached hydrogen (secondary N) is 2. The number of carbonyl (C=O) groups excluding carboxylic acids is 1. The molecule has 0 bridgehead atoms. The van der Waals surface area contributed by atoms with E-state index in [4.69, 9.17) is 0 Å². The number of benzene rings is 1. The van der Waals surface area contributed by atoms with E-state index in [0.29, 0.717) is 25.3 Å². The molecule has 0 unspecified atom stereocenters. The van der Waals surface area contributed by atoms with Crippen LogP contribution in [0.1, 0.15) is 23.6 Å². The van der Waals surface area contributed by atoms with Gasteiger partial charge in [-0.25, -0.2) is 8.78 Å². The molecule has 1 heterocycles. The zero-order chi connectivity index (χ0) is 17.1. The predicted molar refractivity (Wildman–Crippen MR) is 85.5 cm³/mol. The number of aromatic nitrogens is 2. The molecule has 0 radical (unpaired) electrons. The second kappa shape index (κ2) is 6.90. The Hall–Kier alpha value is -2.57. The lowest BCUT2D eigenvalue weighted by Gasteiger charge is -2.07. The van der Waals surface area contributed by atoms with Crippen LogP contribution in [0.4, 0.5) is 14.6 Å². The number of rotatable bonds is 6. The highest BCUT2D eigenvalue weighted by Crippen LogP contribution is 2.48. The first-order valence-corrected chi connectivity index (χ1v) is 7.81. The Bertz CT molecular complexity index is 736. The van der Waals surface area contributed by atoms with Gasteiger partial charge in [0.2, 0.25) is 5.91 Å². The van der Waals surface area contributed by atoms with E-state index in [1.165, 1.54) is 6.07 Å². The lowest BCUT2D eigenvalue weighted by molar-refractivity contribution is -0.122. The topological polar surface area (TPSA) is 66.9 Å². The Morgan fingerprint density at radius 1 is 1.21 bits per heavy atom. The van der Waals surface area contributed by atoms with Crippen molar-refractivity contribution in [2.24, 2.45) is 5.92 Å². The zero-order valence-electron chi connectivity index (χ0n) is 13.2. The molecule has 1 aliphatic rings. The van der Waals surface area contributed by atoms with Crippen molar-refractivity contribution >= 4 is 11.7 Å². The van der Waals surface area contributed by atoms with Crippen LogP contribution in [0.2, 0.25) is 0 Å². The van der Waals surface area contributed by atoms with Crippen molar-refractivity contribution in [2.45, 2.75) is 19.3 Å². The summed E-state index contributed by atoms with van der Waals surface area (Å²) in [5.74, 6) is -0.976. The van der Waals surface area contributed by atoms with Crippen LogP contribution < -0.4 is 10.6 Å². The van der Waals surface area contributed by atoms with Gasteiger partial charge in [-0.3, -0.25) is 4.79 Å². The van der Waals surface area contributed by atoms with Crippen LogP contribution in [0.5, 0.6) is 0 Å². The first kappa shape index (κ1) is 16.3. The minimum atomic E-state index is -0.485. The number of amides is 1. The molecule has 1 amide bonds. The van der Waals surface area contributed by atoms with Gasteiger partial charge in [0.15, 0.2) is 0 Å². The first-order chi connectivity index (χ1) is 11.5. The molecule has 0 aliphatic heterocycles. The Labute approximate surface area is 138 Å². The fourth-order valence-corrected chi connectivity index (χ4v) is 2.63. The summed E-state index contributed by atoms with van der Waals surface area (Å²) in [7, 11) is 0. The van der Waals surface area contributed by atoms with Crippen LogP contribution in [-0.2, 0) is 4.79 Å². The van der Waals surface area contributed by atoms with Gasteiger partial charge in [0.1, 0.15) is 17.5 Å². The van der Waals surface area contributed by atoms with Gasteiger partial charge < -0.3 is 10.6 Å². The molecule has 7 heteroatoms. The molecule has 3 rings (SSSR count). The molecule has 1 fully saturated rings. The molecule has 1 aliphatic carbocycles. The minimum absolute atomic E-state index is 0.138. The van der Waals surface area contributed by atoms with Gasteiger partial charge in [-0.1, -0.05) is 0 Å². The molecule has 1 aromatic heterocycles.